The van der Waals surface area contributed by atoms with Crippen molar-refractivity contribution in [3.05, 3.63) is 36.5 Å². The first-order valence-electron chi connectivity index (χ1n) is 26.9. The summed E-state index contributed by atoms with van der Waals surface area (Å²) >= 11 is 0. The number of nitrogens with one attached hydrogen (secondary N) is 1. The second-order valence-electron chi connectivity index (χ2n) is 19.6. The van der Waals surface area contributed by atoms with Crippen LogP contribution in [0, 0.1) is 0 Å². The van der Waals surface area contributed by atoms with Crippen molar-refractivity contribution in [1.82, 2.24) is 5.32 Å². The molecule has 0 fully saturated rings. The third-order valence-corrected chi connectivity index (χ3v) is 13.1. The molecule has 8 nitrogen and oxygen atoms in total. The summed E-state index contributed by atoms with van der Waals surface area (Å²) < 4.78 is 23.4. The van der Waals surface area contributed by atoms with Crippen molar-refractivity contribution in [2.45, 2.75) is 264 Å². The number of aliphatic hydroxyl groups excluding tert-OH is 1. The molecule has 3 atom stereocenters. The summed E-state index contributed by atoms with van der Waals surface area (Å²) in [5, 5.41) is 13.7. The normalized spacial score (nSPS) is 14.3. The molecular weight excluding hydrogens is 804 g/mol. The number of carbonyl (C=O) groups is 1. The molecule has 9 heteroatoms. The van der Waals surface area contributed by atoms with E-state index in [1.54, 1.807) is 0 Å². The Kier molecular flexibility index (Phi) is 44.9. The van der Waals surface area contributed by atoms with Crippen LogP contribution in [0.25, 0.3) is 0 Å². The number of nitrogens with zero attached hydrogens (tertiary/aromatic N) is 1. The van der Waals surface area contributed by atoms with Crippen LogP contribution >= 0.6 is 7.82 Å². The number of allylic oxidation sites excluding steroid dienone is 6. The van der Waals surface area contributed by atoms with Crippen molar-refractivity contribution in [2.24, 2.45) is 0 Å². The molecule has 0 spiro atoms. The quantitative estimate of drug-likeness (QED) is 0.0243. The Morgan fingerprint density at radius 1 is 0.540 bits per heavy atom. The van der Waals surface area contributed by atoms with Crippen LogP contribution in [-0.4, -0.2) is 73.4 Å². The summed E-state index contributed by atoms with van der Waals surface area (Å²) in [6.45, 7) is 4.76. The molecule has 0 aromatic rings. The van der Waals surface area contributed by atoms with Crippen molar-refractivity contribution in [2.75, 3.05) is 40.9 Å². The van der Waals surface area contributed by atoms with Gasteiger partial charge in [-0.3, -0.25) is 13.8 Å². The number of phosphoric ester groups is 1. The number of carbonyl (C=O) groups excluding carboxylic acids is 1. The number of likely N-dealkylation sites (N-methyl/N-ethyl adjacent to an activating group) is 1. The van der Waals surface area contributed by atoms with Gasteiger partial charge < -0.3 is 19.8 Å². The zero-order chi connectivity index (χ0) is 46.4. The maximum atomic E-state index is 12.8. The number of phosphoric acid groups is 1. The van der Waals surface area contributed by atoms with Gasteiger partial charge in [0.2, 0.25) is 5.91 Å². The van der Waals surface area contributed by atoms with Crippen molar-refractivity contribution in [3.63, 3.8) is 0 Å². The van der Waals surface area contributed by atoms with Gasteiger partial charge in [0.25, 0.3) is 0 Å². The number of unbranched alkanes of at least 4 members (excludes halogenated alkanes) is 30. The Morgan fingerprint density at radius 2 is 0.905 bits per heavy atom. The van der Waals surface area contributed by atoms with Gasteiger partial charge in [-0.1, -0.05) is 230 Å². The number of rotatable bonds is 49. The summed E-state index contributed by atoms with van der Waals surface area (Å²) in [6.07, 6.45) is 58.6. The Bertz CT molecular complexity index is 1120. The van der Waals surface area contributed by atoms with Crippen LogP contribution in [0.4, 0.5) is 0 Å². The number of amides is 1. The van der Waals surface area contributed by atoms with Crippen molar-refractivity contribution in [1.29, 1.82) is 0 Å². The van der Waals surface area contributed by atoms with Gasteiger partial charge in [-0.25, -0.2) is 4.57 Å². The van der Waals surface area contributed by atoms with Gasteiger partial charge in [-0.05, 0) is 51.4 Å². The highest BCUT2D eigenvalue weighted by Crippen LogP contribution is 2.43. The molecule has 63 heavy (non-hydrogen) atoms. The fraction of sp³-hybridized carbons (Fsp3) is 0.870. The second kappa shape index (κ2) is 45.9. The Labute approximate surface area is 391 Å². The smallest absolute Gasteiger partial charge is 0.391 e. The largest absolute Gasteiger partial charge is 0.472 e. The first-order valence-corrected chi connectivity index (χ1v) is 28.3. The van der Waals surface area contributed by atoms with E-state index < -0.39 is 20.0 Å². The first-order chi connectivity index (χ1) is 30.5. The fourth-order valence-corrected chi connectivity index (χ4v) is 8.61. The summed E-state index contributed by atoms with van der Waals surface area (Å²) in [5.74, 6) is -0.151. The lowest BCUT2D eigenvalue weighted by Gasteiger charge is -2.26. The van der Waals surface area contributed by atoms with E-state index in [1.165, 1.54) is 167 Å². The summed E-state index contributed by atoms with van der Waals surface area (Å²) in [7, 11) is 1.62. The monoisotopic (exact) mass is 910 g/mol. The fourth-order valence-electron chi connectivity index (χ4n) is 7.88. The third-order valence-electron chi connectivity index (χ3n) is 12.1. The molecule has 1 amide bonds. The van der Waals surface area contributed by atoms with E-state index in [9.17, 15) is 19.4 Å². The predicted octanol–water partition coefficient (Wildman–Crippen LogP) is 15.8. The van der Waals surface area contributed by atoms with Gasteiger partial charge in [0.05, 0.1) is 39.9 Å². The molecule has 0 aliphatic rings. The molecule has 0 rings (SSSR count). The molecule has 0 aromatic carbocycles. The molecule has 372 valence electrons. The molecule has 0 aliphatic heterocycles. The number of hydrogen-bond donors (Lipinski definition) is 3. The molecule has 0 saturated heterocycles. The van der Waals surface area contributed by atoms with E-state index in [1.807, 2.05) is 21.1 Å². The van der Waals surface area contributed by atoms with Gasteiger partial charge in [-0.15, -0.1) is 0 Å². The van der Waals surface area contributed by atoms with Crippen LogP contribution in [0.15, 0.2) is 36.5 Å². The van der Waals surface area contributed by atoms with Crippen molar-refractivity contribution in [3.8, 4) is 0 Å². The Balaban J connectivity index is 3.68. The number of quaternary nitrogens is 1. The number of hydrogen-bond acceptors (Lipinski definition) is 5. The van der Waals surface area contributed by atoms with Gasteiger partial charge in [0.15, 0.2) is 0 Å². The molecule has 0 bridgehead atoms. The van der Waals surface area contributed by atoms with E-state index in [4.69, 9.17) is 9.05 Å². The van der Waals surface area contributed by atoms with Crippen LogP contribution in [0.5, 0.6) is 0 Å². The lowest BCUT2D eigenvalue weighted by Crippen LogP contribution is -2.46. The van der Waals surface area contributed by atoms with E-state index >= 15 is 0 Å². The molecular formula is C54H106N2O6P+. The second-order valence-corrected chi connectivity index (χ2v) is 21.1. The van der Waals surface area contributed by atoms with Gasteiger partial charge >= 0.3 is 7.82 Å². The minimum atomic E-state index is -4.29. The number of aliphatic hydroxyl groups is 1. The van der Waals surface area contributed by atoms with Crippen molar-refractivity contribution < 1.29 is 32.9 Å². The topological polar surface area (TPSA) is 105 Å². The average molecular weight is 910 g/mol. The van der Waals surface area contributed by atoms with Gasteiger partial charge in [0.1, 0.15) is 13.2 Å². The maximum absolute atomic E-state index is 12.8. The zero-order valence-corrected chi connectivity index (χ0v) is 43.2. The van der Waals surface area contributed by atoms with E-state index in [0.29, 0.717) is 23.9 Å². The molecule has 0 aromatic heterocycles. The summed E-state index contributed by atoms with van der Waals surface area (Å²) in [5.41, 5.74) is 0. The van der Waals surface area contributed by atoms with Crippen LogP contribution in [-0.2, 0) is 18.4 Å². The lowest BCUT2D eigenvalue weighted by molar-refractivity contribution is -0.870. The van der Waals surface area contributed by atoms with E-state index in [2.05, 4.69) is 55.6 Å². The minimum absolute atomic E-state index is 0.0747. The molecule has 0 aliphatic carbocycles. The van der Waals surface area contributed by atoms with Crippen LogP contribution in [0.2, 0.25) is 0 Å². The Morgan fingerprint density at radius 3 is 1.32 bits per heavy atom. The van der Waals surface area contributed by atoms with Crippen molar-refractivity contribution >= 4 is 13.7 Å². The lowest BCUT2D eigenvalue weighted by atomic mass is 10.0. The zero-order valence-electron chi connectivity index (χ0n) is 42.3. The van der Waals surface area contributed by atoms with Crippen LogP contribution < -0.4 is 5.32 Å². The van der Waals surface area contributed by atoms with Gasteiger partial charge in [0, 0.05) is 6.42 Å². The highest BCUT2D eigenvalue weighted by atomic mass is 31.2. The van der Waals surface area contributed by atoms with Crippen LogP contribution in [0.3, 0.4) is 0 Å². The Hall–Kier alpha value is -1.28. The third kappa shape index (κ3) is 48.5. The standard InChI is InChI=1S/C54H105N2O6P/c1-6-8-10-12-13-14-15-16-17-18-19-20-21-22-23-24-25-26-27-28-29-30-31-32-33-34-35-36-37-38-39-40-41-42-43-44-46-48-54(58)55-52(53(57)47-45-11-9-7-2)51-62-63(59,60)61-50-49-56(3,4)5/h15-16,18-19,21-22,52-53,57H,6-14,17,20,23-51H2,1-5H3,(H-,55,58,59,60)/p+1/b16-15-,19-18-,22-21-. The first kappa shape index (κ1) is 61.7. The average Bonchev–Trinajstić information content (AvgIpc) is 3.24. The van der Waals surface area contributed by atoms with Gasteiger partial charge in [-0.2, -0.15) is 0 Å². The summed E-state index contributed by atoms with van der Waals surface area (Å²) in [4.78, 5) is 22.9. The SMILES string of the molecule is CCCCCCC/C=C\C/C=C\C/C=C\CCCCCCCCCCCCCCCCCCCCCCCCC(=O)NC(COP(=O)(O)OCC[N+](C)(C)C)C(O)CCCCCC. The molecule has 0 saturated carbocycles. The molecule has 0 heterocycles. The predicted molar refractivity (Wildman–Crippen MR) is 272 cm³/mol. The molecule has 3 unspecified atom stereocenters. The maximum Gasteiger partial charge on any atom is 0.472 e. The highest BCUT2D eigenvalue weighted by Gasteiger charge is 2.28. The highest BCUT2D eigenvalue weighted by molar-refractivity contribution is 7.47. The van der Waals surface area contributed by atoms with E-state index in [-0.39, 0.29) is 19.1 Å². The molecule has 0 radical (unpaired) electrons. The minimum Gasteiger partial charge on any atom is -0.391 e. The summed E-state index contributed by atoms with van der Waals surface area (Å²) in [6, 6.07) is -0.754. The molecule has 3 N–H and O–H groups in total. The van der Waals surface area contributed by atoms with E-state index in [0.717, 1.165) is 57.8 Å². The van der Waals surface area contributed by atoms with Crippen LogP contribution in [0.1, 0.15) is 251 Å².